The zero-order valence-corrected chi connectivity index (χ0v) is 9.86. The van der Waals surface area contributed by atoms with Crippen molar-refractivity contribution in [2.24, 2.45) is 0 Å². The lowest BCUT2D eigenvalue weighted by molar-refractivity contribution is 0.626. The van der Waals surface area contributed by atoms with Crippen LogP contribution in [0.4, 0.5) is 10.1 Å². The molecule has 2 N–H and O–H groups in total. The first-order valence-corrected chi connectivity index (χ1v) is 5.83. The second-order valence-electron chi connectivity index (χ2n) is 3.21. The van der Waals surface area contributed by atoms with E-state index in [-0.39, 0.29) is 5.82 Å². The van der Waals surface area contributed by atoms with E-state index in [1.807, 2.05) is 24.3 Å². The lowest BCUT2D eigenvalue weighted by Gasteiger charge is -2.06. The second-order valence-corrected chi connectivity index (χ2v) is 4.71. The van der Waals surface area contributed by atoms with Crippen LogP contribution in [0.3, 0.4) is 0 Å². The Balaban J connectivity index is 2.31. The normalized spacial score (nSPS) is 10.4. The predicted octanol–water partition coefficient (Wildman–Crippen LogP) is 4.21. The van der Waals surface area contributed by atoms with Gasteiger partial charge in [0.15, 0.2) is 0 Å². The summed E-state index contributed by atoms with van der Waals surface area (Å²) in [6, 6.07) is 11.8. The van der Waals surface area contributed by atoms with Crippen LogP contribution in [-0.2, 0) is 0 Å². The number of hydrogen-bond acceptors (Lipinski definition) is 2. The molecular formula is C12H9ClFNS. The van der Waals surface area contributed by atoms with Crippen LogP contribution in [0.15, 0.2) is 52.3 Å². The summed E-state index contributed by atoms with van der Waals surface area (Å²) in [6.45, 7) is 0. The maximum atomic E-state index is 12.8. The molecule has 0 fully saturated rings. The number of nitrogens with two attached hydrogens (primary N) is 1. The van der Waals surface area contributed by atoms with Gasteiger partial charge in [0, 0.05) is 15.5 Å². The molecule has 4 heteroatoms. The van der Waals surface area contributed by atoms with Crippen LogP contribution >= 0.6 is 23.4 Å². The molecule has 0 radical (unpaired) electrons. The number of halogens is 2. The minimum atomic E-state index is -0.338. The molecular weight excluding hydrogens is 245 g/mol. The maximum absolute atomic E-state index is 12.8. The molecule has 0 saturated carbocycles. The topological polar surface area (TPSA) is 26.0 Å². The van der Waals surface area contributed by atoms with Crippen LogP contribution in [0, 0.1) is 5.82 Å². The Morgan fingerprint density at radius 2 is 1.81 bits per heavy atom. The van der Waals surface area contributed by atoms with Crippen molar-refractivity contribution in [1.29, 1.82) is 0 Å². The van der Waals surface area contributed by atoms with Crippen LogP contribution in [0.5, 0.6) is 0 Å². The van der Waals surface area contributed by atoms with Gasteiger partial charge in [0.1, 0.15) is 5.82 Å². The van der Waals surface area contributed by atoms with Crippen molar-refractivity contribution in [2.45, 2.75) is 9.79 Å². The van der Waals surface area contributed by atoms with Gasteiger partial charge in [0.25, 0.3) is 0 Å². The van der Waals surface area contributed by atoms with E-state index in [2.05, 4.69) is 0 Å². The number of rotatable bonds is 2. The molecule has 82 valence electrons. The van der Waals surface area contributed by atoms with Crippen molar-refractivity contribution in [3.05, 3.63) is 53.3 Å². The van der Waals surface area contributed by atoms with Gasteiger partial charge in [-0.1, -0.05) is 35.5 Å². The van der Waals surface area contributed by atoms with E-state index < -0.39 is 0 Å². The monoisotopic (exact) mass is 253 g/mol. The van der Waals surface area contributed by atoms with Crippen LogP contribution in [0.1, 0.15) is 0 Å². The summed E-state index contributed by atoms with van der Waals surface area (Å²) in [7, 11) is 0. The smallest absolute Gasteiger partial charge is 0.124 e. The SMILES string of the molecule is Nc1ccccc1Sc1ccc(F)cc1Cl. The molecule has 0 aliphatic carbocycles. The van der Waals surface area contributed by atoms with E-state index in [9.17, 15) is 4.39 Å². The molecule has 0 spiro atoms. The third kappa shape index (κ3) is 2.49. The zero-order valence-electron chi connectivity index (χ0n) is 8.28. The largest absolute Gasteiger partial charge is 0.398 e. The molecule has 0 saturated heterocycles. The van der Waals surface area contributed by atoms with E-state index in [4.69, 9.17) is 17.3 Å². The van der Waals surface area contributed by atoms with E-state index >= 15 is 0 Å². The lowest BCUT2D eigenvalue weighted by atomic mass is 10.3. The number of para-hydroxylation sites is 1. The first-order chi connectivity index (χ1) is 7.66. The molecule has 0 atom stereocenters. The highest BCUT2D eigenvalue weighted by molar-refractivity contribution is 7.99. The van der Waals surface area contributed by atoms with Gasteiger partial charge < -0.3 is 5.73 Å². The number of hydrogen-bond donors (Lipinski definition) is 1. The third-order valence-electron chi connectivity index (χ3n) is 2.03. The molecule has 0 aromatic heterocycles. The minimum Gasteiger partial charge on any atom is -0.398 e. The van der Waals surface area contributed by atoms with Crippen molar-refractivity contribution < 1.29 is 4.39 Å². The summed E-state index contributed by atoms with van der Waals surface area (Å²) in [5.41, 5.74) is 6.50. The van der Waals surface area contributed by atoms with E-state index in [0.29, 0.717) is 10.7 Å². The van der Waals surface area contributed by atoms with E-state index in [1.165, 1.54) is 23.9 Å². The highest BCUT2D eigenvalue weighted by Gasteiger charge is 2.05. The average Bonchev–Trinajstić information content (AvgIpc) is 2.25. The average molecular weight is 254 g/mol. The zero-order chi connectivity index (χ0) is 11.5. The first-order valence-electron chi connectivity index (χ1n) is 4.64. The fourth-order valence-electron chi connectivity index (χ4n) is 1.25. The molecule has 0 unspecified atom stereocenters. The fraction of sp³-hybridized carbons (Fsp3) is 0. The third-order valence-corrected chi connectivity index (χ3v) is 3.63. The Morgan fingerprint density at radius 3 is 2.50 bits per heavy atom. The number of benzene rings is 2. The van der Waals surface area contributed by atoms with Crippen molar-refractivity contribution in [1.82, 2.24) is 0 Å². The van der Waals surface area contributed by atoms with E-state index in [1.54, 1.807) is 6.07 Å². The quantitative estimate of drug-likeness (QED) is 0.812. The van der Waals surface area contributed by atoms with Gasteiger partial charge in [-0.2, -0.15) is 0 Å². The lowest BCUT2D eigenvalue weighted by Crippen LogP contribution is -1.87. The summed E-state index contributed by atoms with van der Waals surface area (Å²) in [5, 5.41) is 0.397. The Labute approximate surface area is 102 Å². The van der Waals surface area contributed by atoms with Gasteiger partial charge >= 0.3 is 0 Å². The summed E-state index contributed by atoms with van der Waals surface area (Å²) >= 11 is 7.36. The Bertz CT molecular complexity index is 516. The van der Waals surface area contributed by atoms with Crippen molar-refractivity contribution in [2.75, 3.05) is 5.73 Å². The molecule has 2 rings (SSSR count). The summed E-state index contributed by atoms with van der Waals surface area (Å²) in [6.07, 6.45) is 0. The molecule has 2 aromatic carbocycles. The van der Waals surface area contributed by atoms with Crippen molar-refractivity contribution in [3.63, 3.8) is 0 Å². The van der Waals surface area contributed by atoms with Gasteiger partial charge in [0.05, 0.1) is 5.02 Å². The van der Waals surface area contributed by atoms with Gasteiger partial charge in [-0.05, 0) is 30.3 Å². The number of anilines is 1. The van der Waals surface area contributed by atoms with Crippen LogP contribution in [-0.4, -0.2) is 0 Å². The summed E-state index contributed by atoms with van der Waals surface area (Å²) in [5.74, 6) is -0.338. The van der Waals surface area contributed by atoms with Crippen LogP contribution in [0.2, 0.25) is 5.02 Å². The first kappa shape index (κ1) is 11.3. The minimum absolute atomic E-state index is 0.338. The molecule has 16 heavy (non-hydrogen) atoms. The van der Waals surface area contributed by atoms with Crippen molar-refractivity contribution in [3.8, 4) is 0 Å². The Kier molecular flexibility index (Phi) is 3.36. The van der Waals surface area contributed by atoms with Crippen molar-refractivity contribution >= 4 is 29.1 Å². The molecule has 0 amide bonds. The van der Waals surface area contributed by atoms with Gasteiger partial charge in [-0.15, -0.1) is 0 Å². The van der Waals surface area contributed by atoms with Gasteiger partial charge in [0.2, 0.25) is 0 Å². The fourth-order valence-corrected chi connectivity index (χ4v) is 2.39. The predicted molar refractivity (Wildman–Crippen MR) is 66.4 cm³/mol. The maximum Gasteiger partial charge on any atom is 0.124 e. The number of nitrogen functional groups attached to an aromatic ring is 1. The highest BCUT2D eigenvalue weighted by Crippen LogP contribution is 2.36. The molecule has 0 heterocycles. The standard InChI is InChI=1S/C12H9ClFNS/c13-9-7-8(14)5-6-11(9)16-12-4-2-1-3-10(12)15/h1-7H,15H2. The summed E-state index contributed by atoms with van der Waals surface area (Å²) < 4.78 is 12.8. The second kappa shape index (κ2) is 4.76. The molecule has 2 aromatic rings. The van der Waals surface area contributed by atoms with E-state index in [0.717, 1.165) is 9.79 Å². The molecule has 0 aliphatic heterocycles. The molecule has 1 nitrogen and oxygen atoms in total. The van der Waals surface area contributed by atoms with Crippen LogP contribution < -0.4 is 5.73 Å². The highest BCUT2D eigenvalue weighted by atomic mass is 35.5. The van der Waals surface area contributed by atoms with Gasteiger partial charge in [-0.25, -0.2) is 4.39 Å². The summed E-state index contributed by atoms with van der Waals surface area (Å²) in [4.78, 5) is 1.71. The van der Waals surface area contributed by atoms with Crippen LogP contribution in [0.25, 0.3) is 0 Å². The Morgan fingerprint density at radius 1 is 1.06 bits per heavy atom. The Hall–Kier alpha value is -1.19. The molecule has 0 aliphatic rings. The van der Waals surface area contributed by atoms with Gasteiger partial charge in [-0.3, -0.25) is 0 Å². The molecule has 0 bridgehead atoms.